The second kappa shape index (κ2) is 3.72. The fourth-order valence-corrected chi connectivity index (χ4v) is 1.70. The average Bonchev–Trinajstić information content (AvgIpc) is 2.65. The smallest absolute Gasteiger partial charge is 0.244 e. The van der Waals surface area contributed by atoms with Crippen LogP contribution in [0.2, 0.25) is 0 Å². The lowest BCUT2D eigenvalue weighted by atomic mass is 10.1. The first-order valence-electron chi connectivity index (χ1n) is 5.47. The summed E-state index contributed by atoms with van der Waals surface area (Å²) in [5, 5.41) is 7.23. The van der Waals surface area contributed by atoms with Gasteiger partial charge in [-0.3, -0.25) is 0 Å². The van der Waals surface area contributed by atoms with Crippen LogP contribution in [0, 0.1) is 6.92 Å². The first-order valence-corrected chi connectivity index (χ1v) is 5.47. The van der Waals surface area contributed by atoms with Gasteiger partial charge in [-0.15, -0.1) is 0 Å². The predicted octanol–water partition coefficient (Wildman–Crippen LogP) is 2.08. The Labute approximate surface area is 93.7 Å². The molecule has 16 heavy (non-hydrogen) atoms. The van der Waals surface area contributed by atoms with Gasteiger partial charge in [0.2, 0.25) is 11.7 Å². The molecule has 1 fully saturated rings. The van der Waals surface area contributed by atoms with Crippen molar-refractivity contribution in [2.24, 2.45) is 0 Å². The zero-order valence-corrected chi connectivity index (χ0v) is 9.10. The van der Waals surface area contributed by atoms with Gasteiger partial charge < -0.3 is 9.84 Å². The van der Waals surface area contributed by atoms with Gasteiger partial charge in [-0.2, -0.15) is 4.98 Å². The molecule has 0 saturated carbocycles. The summed E-state index contributed by atoms with van der Waals surface area (Å²) in [5.74, 6) is 1.37. The third-order valence-corrected chi connectivity index (χ3v) is 2.87. The zero-order chi connectivity index (χ0) is 11.0. The molecular formula is C12H13N3O. The lowest BCUT2D eigenvalue weighted by Gasteiger charge is -2.23. The van der Waals surface area contributed by atoms with Gasteiger partial charge in [-0.25, -0.2) is 0 Å². The SMILES string of the molecule is Cc1ccc(-c2noc(C3CCN3)n2)cc1. The number of nitrogens with zero attached hydrogens (tertiary/aromatic N) is 2. The third kappa shape index (κ3) is 1.61. The van der Waals surface area contributed by atoms with Crippen molar-refractivity contribution in [1.82, 2.24) is 15.5 Å². The number of benzene rings is 1. The van der Waals surface area contributed by atoms with Crippen molar-refractivity contribution in [1.29, 1.82) is 0 Å². The van der Waals surface area contributed by atoms with E-state index in [2.05, 4.69) is 22.4 Å². The molecule has 1 aromatic heterocycles. The first-order chi connectivity index (χ1) is 7.83. The summed E-state index contributed by atoms with van der Waals surface area (Å²) in [6.45, 7) is 3.09. The predicted molar refractivity (Wildman–Crippen MR) is 59.8 cm³/mol. The van der Waals surface area contributed by atoms with E-state index in [1.807, 2.05) is 24.3 Å². The maximum absolute atomic E-state index is 5.23. The van der Waals surface area contributed by atoms with Crippen molar-refractivity contribution in [3.8, 4) is 11.4 Å². The minimum Gasteiger partial charge on any atom is -0.337 e. The number of aryl methyl sites for hydroxylation is 1. The highest BCUT2D eigenvalue weighted by molar-refractivity contribution is 5.54. The van der Waals surface area contributed by atoms with E-state index >= 15 is 0 Å². The van der Waals surface area contributed by atoms with Gasteiger partial charge in [0.05, 0.1) is 6.04 Å². The van der Waals surface area contributed by atoms with E-state index < -0.39 is 0 Å². The lowest BCUT2D eigenvalue weighted by Crippen LogP contribution is -2.35. The molecule has 2 aromatic rings. The van der Waals surface area contributed by atoms with Crippen LogP contribution in [0.3, 0.4) is 0 Å². The topological polar surface area (TPSA) is 51.0 Å². The molecule has 1 aliphatic rings. The van der Waals surface area contributed by atoms with E-state index in [9.17, 15) is 0 Å². The standard InChI is InChI=1S/C12H13N3O/c1-8-2-4-9(5-3-8)11-14-12(16-15-11)10-6-7-13-10/h2-5,10,13H,6-7H2,1H3. The van der Waals surface area contributed by atoms with Crippen LogP contribution in [-0.4, -0.2) is 16.7 Å². The molecule has 3 rings (SSSR count). The van der Waals surface area contributed by atoms with Crippen molar-refractivity contribution < 1.29 is 4.52 Å². The number of hydrogen-bond acceptors (Lipinski definition) is 4. The molecule has 0 bridgehead atoms. The second-order valence-electron chi connectivity index (χ2n) is 4.12. The Morgan fingerprint density at radius 2 is 2.06 bits per heavy atom. The van der Waals surface area contributed by atoms with Crippen molar-refractivity contribution in [2.75, 3.05) is 6.54 Å². The molecule has 1 atom stereocenters. The van der Waals surface area contributed by atoms with Crippen molar-refractivity contribution in [3.63, 3.8) is 0 Å². The number of nitrogens with one attached hydrogen (secondary N) is 1. The van der Waals surface area contributed by atoms with Crippen LogP contribution < -0.4 is 5.32 Å². The molecule has 0 spiro atoms. The van der Waals surface area contributed by atoms with E-state index in [0.29, 0.717) is 11.7 Å². The van der Waals surface area contributed by atoms with Gasteiger partial charge in [0, 0.05) is 5.56 Å². The molecule has 0 aliphatic carbocycles. The third-order valence-electron chi connectivity index (χ3n) is 2.87. The Morgan fingerprint density at radius 3 is 2.69 bits per heavy atom. The lowest BCUT2D eigenvalue weighted by molar-refractivity contribution is 0.273. The molecule has 1 aromatic carbocycles. The average molecular weight is 215 g/mol. The van der Waals surface area contributed by atoms with Gasteiger partial charge in [-0.1, -0.05) is 35.0 Å². The molecule has 0 radical (unpaired) electrons. The maximum atomic E-state index is 5.23. The Kier molecular flexibility index (Phi) is 2.22. The van der Waals surface area contributed by atoms with E-state index in [4.69, 9.17) is 4.52 Å². The quantitative estimate of drug-likeness (QED) is 0.833. The molecule has 2 heterocycles. The largest absolute Gasteiger partial charge is 0.337 e. The molecule has 1 aliphatic heterocycles. The summed E-state index contributed by atoms with van der Waals surface area (Å²) in [6, 6.07) is 8.38. The summed E-state index contributed by atoms with van der Waals surface area (Å²) in [7, 11) is 0. The minimum absolute atomic E-state index is 0.256. The van der Waals surface area contributed by atoms with Crippen LogP contribution in [-0.2, 0) is 0 Å². The first kappa shape index (κ1) is 9.54. The van der Waals surface area contributed by atoms with Crippen LogP contribution in [0.1, 0.15) is 23.9 Å². The van der Waals surface area contributed by atoms with E-state index in [1.54, 1.807) is 0 Å². The van der Waals surface area contributed by atoms with Crippen LogP contribution in [0.15, 0.2) is 28.8 Å². The highest BCUT2D eigenvalue weighted by atomic mass is 16.5. The number of aromatic nitrogens is 2. The van der Waals surface area contributed by atoms with Crippen LogP contribution in [0.25, 0.3) is 11.4 Å². The van der Waals surface area contributed by atoms with Gasteiger partial charge in [0.1, 0.15) is 0 Å². The molecule has 82 valence electrons. The Bertz CT molecular complexity index is 485. The van der Waals surface area contributed by atoms with Gasteiger partial charge in [0.15, 0.2) is 0 Å². The van der Waals surface area contributed by atoms with Gasteiger partial charge in [0.25, 0.3) is 0 Å². The summed E-state index contributed by atoms with van der Waals surface area (Å²) in [4.78, 5) is 4.39. The minimum atomic E-state index is 0.256. The number of hydrogen-bond donors (Lipinski definition) is 1. The van der Waals surface area contributed by atoms with Crippen molar-refractivity contribution in [2.45, 2.75) is 19.4 Å². The summed E-state index contributed by atoms with van der Waals surface area (Å²) < 4.78 is 5.23. The number of rotatable bonds is 2. The van der Waals surface area contributed by atoms with Crippen molar-refractivity contribution in [3.05, 3.63) is 35.7 Å². The highest BCUT2D eigenvalue weighted by Gasteiger charge is 2.24. The molecule has 4 nitrogen and oxygen atoms in total. The Balaban J connectivity index is 1.88. The fourth-order valence-electron chi connectivity index (χ4n) is 1.70. The van der Waals surface area contributed by atoms with Crippen molar-refractivity contribution >= 4 is 0 Å². The highest BCUT2D eigenvalue weighted by Crippen LogP contribution is 2.24. The molecule has 1 saturated heterocycles. The maximum Gasteiger partial charge on any atom is 0.244 e. The molecule has 4 heteroatoms. The van der Waals surface area contributed by atoms with E-state index in [1.165, 1.54) is 5.56 Å². The summed E-state index contributed by atoms with van der Waals surface area (Å²) in [5.41, 5.74) is 2.23. The fraction of sp³-hybridized carbons (Fsp3) is 0.333. The molecular weight excluding hydrogens is 202 g/mol. The van der Waals surface area contributed by atoms with Gasteiger partial charge in [-0.05, 0) is 19.9 Å². The van der Waals surface area contributed by atoms with Gasteiger partial charge >= 0.3 is 0 Å². The van der Waals surface area contributed by atoms with Crippen LogP contribution in [0.5, 0.6) is 0 Å². The van der Waals surface area contributed by atoms with Crippen LogP contribution >= 0.6 is 0 Å². The Morgan fingerprint density at radius 1 is 1.31 bits per heavy atom. The van der Waals surface area contributed by atoms with E-state index in [0.717, 1.165) is 18.5 Å². The van der Waals surface area contributed by atoms with E-state index in [-0.39, 0.29) is 6.04 Å². The van der Waals surface area contributed by atoms with Crippen LogP contribution in [0.4, 0.5) is 0 Å². The monoisotopic (exact) mass is 215 g/mol. The normalized spacial score (nSPS) is 19.4. The summed E-state index contributed by atoms with van der Waals surface area (Å²) in [6.07, 6.45) is 1.08. The zero-order valence-electron chi connectivity index (χ0n) is 9.10. The molecule has 1 N–H and O–H groups in total. The Hall–Kier alpha value is -1.68. The molecule has 0 amide bonds. The molecule has 1 unspecified atom stereocenters. The summed E-state index contributed by atoms with van der Waals surface area (Å²) >= 11 is 0. The second-order valence-corrected chi connectivity index (χ2v) is 4.12.